The second-order valence-corrected chi connectivity index (χ2v) is 4.85. The van der Waals surface area contributed by atoms with E-state index in [-0.39, 0.29) is 5.54 Å². The van der Waals surface area contributed by atoms with Crippen molar-refractivity contribution in [2.75, 3.05) is 0 Å². The van der Waals surface area contributed by atoms with Gasteiger partial charge in [0, 0.05) is 0 Å². The number of hydrogen-bond acceptors (Lipinski definition) is 1. The second kappa shape index (κ2) is 4.64. The molecule has 0 radical (unpaired) electrons. The molecule has 1 nitrogen and oxygen atoms in total. The van der Waals surface area contributed by atoms with E-state index in [1.165, 1.54) is 0 Å². The van der Waals surface area contributed by atoms with Crippen molar-refractivity contribution in [1.29, 1.82) is 0 Å². The fourth-order valence-electron chi connectivity index (χ4n) is 1.97. The van der Waals surface area contributed by atoms with Gasteiger partial charge >= 0.3 is 0 Å². The zero-order chi connectivity index (χ0) is 9.78. The Morgan fingerprint density at radius 1 is 1.08 bits per heavy atom. The van der Waals surface area contributed by atoms with Crippen molar-refractivity contribution >= 4 is 6.72 Å². The van der Waals surface area contributed by atoms with Crippen molar-refractivity contribution in [2.45, 2.75) is 53.0 Å². The van der Waals surface area contributed by atoms with Gasteiger partial charge in [0.15, 0.2) is 0 Å². The molecule has 0 unspecified atom stereocenters. The third-order valence-electron chi connectivity index (χ3n) is 2.08. The Bertz CT molecular complexity index is 126. The summed E-state index contributed by atoms with van der Waals surface area (Å²) in [6, 6.07) is 0. The topological polar surface area (TPSA) is 12.4 Å². The quantitative estimate of drug-likeness (QED) is 0.558. The summed E-state index contributed by atoms with van der Waals surface area (Å²) in [6.07, 6.45) is 2.30. The molecule has 0 atom stereocenters. The van der Waals surface area contributed by atoms with Crippen molar-refractivity contribution < 1.29 is 0 Å². The molecule has 0 rings (SSSR count). The van der Waals surface area contributed by atoms with Gasteiger partial charge in [-0.2, -0.15) is 0 Å². The van der Waals surface area contributed by atoms with E-state index in [0.717, 1.165) is 12.8 Å². The minimum absolute atomic E-state index is 0.0995. The number of rotatable bonds is 5. The van der Waals surface area contributed by atoms with Crippen LogP contribution in [0.3, 0.4) is 0 Å². The van der Waals surface area contributed by atoms with Gasteiger partial charge in [-0.05, 0) is 38.3 Å². The Hall–Kier alpha value is -0.330. The molecule has 0 aromatic heterocycles. The molecule has 72 valence electrons. The highest BCUT2D eigenvalue weighted by Crippen LogP contribution is 2.27. The minimum Gasteiger partial charge on any atom is -0.295 e. The molecule has 1 heteroatoms. The van der Waals surface area contributed by atoms with Crippen molar-refractivity contribution in [3.8, 4) is 0 Å². The summed E-state index contributed by atoms with van der Waals surface area (Å²) in [5.41, 5.74) is 0.0995. The Labute approximate surface area is 77.3 Å². The van der Waals surface area contributed by atoms with Crippen LogP contribution >= 0.6 is 0 Å². The van der Waals surface area contributed by atoms with Crippen molar-refractivity contribution in [2.24, 2.45) is 16.8 Å². The standard InChI is InChI=1S/C11H23N/c1-9(2)7-11(5,12-6)8-10(3)4/h9-10H,6-8H2,1-5H3. The van der Waals surface area contributed by atoms with Gasteiger partial charge < -0.3 is 0 Å². The van der Waals surface area contributed by atoms with E-state index < -0.39 is 0 Å². The summed E-state index contributed by atoms with van der Waals surface area (Å²) < 4.78 is 0. The van der Waals surface area contributed by atoms with Crippen LogP contribution in [0.4, 0.5) is 0 Å². The van der Waals surface area contributed by atoms with Crippen molar-refractivity contribution in [3.05, 3.63) is 0 Å². The maximum atomic E-state index is 4.25. The van der Waals surface area contributed by atoms with Crippen molar-refractivity contribution in [1.82, 2.24) is 0 Å². The van der Waals surface area contributed by atoms with E-state index in [2.05, 4.69) is 46.3 Å². The molecule has 0 spiro atoms. The smallest absolute Gasteiger partial charge is 0.0577 e. The third-order valence-corrected chi connectivity index (χ3v) is 2.08. The Morgan fingerprint density at radius 3 is 1.58 bits per heavy atom. The zero-order valence-electron chi connectivity index (χ0n) is 9.22. The lowest BCUT2D eigenvalue weighted by atomic mass is 9.84. The highest BCUT2D eigenvalue weighted by molar-refractivity contribution is 5.25. The minimum atomic E-state index is 0.0995. The molecule has 0 aromatic carbocycles. The zero-order valence-corrected chi connectivity index (χ0v) is 9.22. The van der Waals surface area contributed by atoms with Crippen LogP contribution in [0.15, 0.2) is 4.99 Å². The van der Waals surface area contributed by atoms with E-state index in [4.69, 9.17) is 0 Å². The Morgan fingerprint density at radius 2 is 1.42 bits per heavy atom. The van der Waals surface area contributed by atoms with Crippen LogP contribution in [0, 0.1) is 11.8 Å². The molecular formula is C11H23N. The summed E-state index contributed by atoms with van der Waals surface area (Å²) in [4.78, 5) is 4.25. The molecular weight excluding hydrogens is 146 g/mol. The van der Waals surface area contributed by atoms with Gasteiger partial charge in [0.05, 0.1) is 5.54 Å². The molecule has 0 amide bonds. The molecule has 0 aliphatic heterocycles. The van der Waals surface area contributed by atoms with Gasteiger partial charge in [-0.3, -0.25) is 4.99 Å². The Balaban J connectivity index is 4.14. The van der Waals surface area contributed by atoms with E-state index in [1.54, 1.807) is 0 Å². The molecule has 12 heavy (non-hydrogen) atoms. The first-order valence-corrected chi connectivity index (χ1v) is 4.87. The fourth-order valence-corrected chi connectivity index (χ4v) is 1.97. The first-order valence-electron chi connectivity index (χ1n) is 4.87. The van der Waals surface area contributed by atoms with E-state index >= 15 is 0 Å². The largest absolute Gasteiger partial charge is 0.295 e. The summed E-state index contributed by atoms with van der Waals surface area (Å²) in [7, 11) is 0. The van der Waals surface area contributed by atoms with Crippen LogP contribution in [-0.2, 0) is 0 Å². The predicted molar refractivity (Wildman–Crippen MR) is 56.9 cm³/mol. The first-order chi connectivity index (χ1) is 5.39. The molecule has 0 bridgehead atoms. The molecule has 0 aliphatic carbocycles. The maximum absolute atomic E-state index is 4.25. The Kier molecular flexibility index (Phi) is 4.51. The molecule has 0 saturated carbocycles. The maximum Gasteiger partial charge on any atom is 0.0577 e. The molecule has 0 saturated heterocycles. The second-order valence-electron chi connectivity index (χ2n) is 4.85. The van der Waals surface area contributed by atoms with Gasteiger partial charge in [0.1, 0.15) is 0 Å². The summed E-state index contributed by atoms with van der Waals surface area (Å²) >= 11 is 0. The predicted octanol–water partition coefficient (Wildman–Crippen LogP) is 3.54. The monoisotopic (exact) mass is 169 g/mol. The summed E-state index contributed by atoms with van der Waals surface area (Å²) in [5.74, 6) is 1.42. The lowest BCUT2D eigenvalue weighted by Crippen LogP contribution is -2.26. The number of nitrogens with zero attached hydrogens (tertiary/aromatic N) is 1. The van der Waals surface area contributed by atoms with Crippen LogP contribution in [0.5, 0.6) is 0 Å². The summed E-state index contributed by atoms with van der Waals surface area (Å²) in [6.45, 7) is 14.9. The van der Waals surface area contributed by atoms with Crippen LogP contribution in [0.1, 0.15) is 47.5 Å². The number of aliphatic imine (C=N–C) groups is 1. The molecule has 0 aromatic rings. The lowest BCUT2D eigenvalue weighted by molar-refractivity contribution is 0.313. The third kappa shape index (κ3) is 4.53. The average molecular weight is 169 g/mol. The molecule has 0 aliphatic rings. The first kappa shape index (κ1) is 11.7. The van der Waals surface area contributed by atoms with Crippen LogP contribution in [0.2, 0.25) is 0 Å². The van der Waals surface area contributed by atoms with Crippen LogP contribution < -0.4 is 0 Å². The normalized spacial score (nSPS) is 12.6. The van der Waals surface area contributed by atoms with E-state index in [1.807, 2.05) is 0 Å². The lowest BCUT2D eigenvalue weighted by Gasteiger charge is -2.28. The molecule has 0 heterocycles. The van der Waals surface area contributed by atoms with Crippen LogP contribution in [-0.4, -0.2) is 12.3 Å². The van der Waals surface area contributed by atoms with E-state index in [0.29, 0.717) is 11.8 Å². The van der Waals surface area contributed by atoms with Gasteiger partial charge in [-0.15, -0.1) is 0 Å². The van der Waals surface area contributed by atoms with Gasteiger partial charge in [-0.1, -0.05) is 27.7 Å². The molecule has 0 fully saturated rings. The van der Waals surface area contributed by atoms with Gasteiger partial charge in [0.25, 0.3) is 0 Å². The van der Waals surface area contributed by atoms with Gasteiger partial charge in [-0.25, -0.2) is 0 Å². The summed E-state index contributed by atoms with van der Waals surface area (Å²) in [5, 5.41) is 0. The average Bonchev–Trinajstić information content (AvgIpc) is 1.83. The highest BCUT2D eigenvalue weighted by Gasteiger charge is 2.24. The number of hydrogen-bond donors (Lipinski definition) is 0. The van der Waals surface area contributed by atoms with Crippen LogP contribution in [0.25, 0.3) is 0 Å². The van der Waals surface area contributed by atoms with Crippen molar-refractivity contribution in [3.63, 3.8) is 0 Å². The highest BCUT2D eigenvalue weighted by atomic mass is 14.8. The van der Waals surface area contributed by atoms with E-state index in [9.17, 15) is 0 Å². The van der Waals surface area contributed by atoms with Gasteiger partial charge in [0.2, 0.25) is 0 Å². The molecule has 0 N–H and O–H groups in total. The fraction of sp³-hybridized carbons (Fsp3) is 0.909. The SMILES string of the molecule is C=NC(C)(CC(C)C)CC(C)C.